The van der Waals surface area contributed by atoms with E-state index >= 15 is 0 Å². The molecule has 1 amide bonds. The molecule has 1 aromatic carbocycles. The third-order valence-electron chi connectivity index (χ3n) is 7.25. The van der Waals surface area contributed by atoms with Crippen molar-refractivity contribution in [2.45, 2.75) is 25.9 Å². The number of hydrogen-bond donors (Lipinski definition) is 1. The molecule has 194 valence electrons. The molecule has 5 heterocycles. The molecule has 1 N–H and O–H groups in total. The Labute approximate surface area is 221 Å². The van der Waals surface area contributed by atoms with Gasteiger partial charge in [-0.3, -0.25) is 19.7 Å². The van der Waals surface area contributed by atoms with Crippen LogP contribution < -0.4 is 5.32 Å². The van der Waals surface area contributed by atoms with Crippen LogP contribution in [-0.2, 0) is 20.7 Å². The Morgan fingerprint density at radius 3 is 2.71 bits per heavy atom. The lowest BCUT2D eigenvalue weighted by Gasteiger charge is -2.28. The molecule has 1 fully saturated rings. The van der Waals surface area contributed by atoms with Gasteiger partial charge in [0, 0.05) is 66.4 Å². The monoisotopic (exact) mass is 512 g/mol. The fourth-order valence-electron chi connectivity index (χ4n) is 5.28. The highest BCUT2D eigenvalue weighted by molar-refractivity contribution is 6.32. The van der Waals surface area contributed by atoms with Crippen LogP contribution in [0.1, 0.15) is 30.7 Å². The molecule has 6 rings (SSSR count). The number of anilines is 1. The Bertz CT molecular complexity index is 1460. The van der Waals surface area contributed by atoms with E-state index in [2.05, 4.69) is 21.3 Å². The van der Waals surface area contributed by atoms with Crippen molar-refractivity contribution in [1.29, 1.82) is 0 Å². The van der Waals surface area contributed by atoms with Gasteiger partial charge in [0.15, 0.2) is 0 Å². The standard InChI is InChI=1S/C30H29FN4O3/c1-30(2)23(17-27(38-30)28-22-6-5-20(31)16-26(22)34-29(28)36)21-7-8-24(19-4-3-10-32-18-19)33-25(21)9-11-35-12-14-37-15-13-35/h3-8,10,16-18H,9,11-15H2,1-2H3,(H,34,36). The molecule has 8 heteroatoms. The number of pyridine rings is 2. The Morgan fingerprint density at radius 1 is 1.11 bits per heavy atom. The zero-order valence-electron chi connectivity index (χ0n) is 21.5. The van der Waals surface area contributed by atoms with Gasteiger partial charge >= 0.3 is 0 Å². The largest absolute Gasteiger partial charge is 0.482 e. The number of hydrogen-bond acceptors (Lipinski definition) is 6. The molecule has 3 aliphatic heterocycles. The fourth-order valence-corrected chi connectivity index (χ4v) is 5.28. The number of aromatic nitrogens is 2. The highest BCUT2D eigenvalue weighted by atomic mass is 19.1. The summed E-state index contributed by atoms with van der Waals surface area (Å²) < 4.78 is 25.7. The molecule has 0 unspecified atom stereocenters. The van der Waals surface area contributed by atoms with Gasteiger partial charge in [-0.2, -0.15) is 0 Å². The zero-order valence-corrected chi connectivity index (χ0v) is 21.5. The van der Waals surface area contributed by atoms with Crippen LogP contribution >= 0.6 is 0 Å². The summed E-state index contributed by atoms with van der Waals surface area (Å²) in [5.41, 5.74) is 5.53. The van der Waals surface area contributed by atoms with Gasteiger partial charge in [-0.1, -0.05) is 6.07 Å². The highest BCUT2D eigenvalue weighted by Crippen LogP contribution is 2.45. The summed E-state index contributed by atoms with van der Waals surface area (Å²) in [6.07, 6.45) is 6.26. The number of benzene rings is 1. The van der Waals surface area contributed by atoms with Gasteiger partial charge in [0.2, 0.25) is 0 Å². The molecule has 3 aromatic rings. The third kappa shape index (κ3) is 4.61. The SMILES string of the molecule is CC1(C)OC(=C2C(=O)Nc3cc(F)ccc32)C=C1c1ccc(-c2cccnc2)nc1CCN1CCOCC1. The second-order valence-electron chi connectivity index (χ2n) is 10.2. The van der Waals surface area contributed by atoms with Crippen molar-refractivity contribution < 1.29 is 18.7 Å². The summed E-state index contributed by atoms with van der Waals surface area (Å²) in [7, 11) is 0. The lowest BCUT2D eigenvalue weighted by molar-refractivity contribution is -0.111. The number of allylic oxidation sites excluding steroid dienone is 1. The van der Waals surface area contributed by atoms with Crippen LogP contribution in [0.3, 0.4) is 0 Å². The first-order chi connectivity index (χ1) is 18.4. The molecule has 0 aliphatic carbocycles. The Kier molecular flexibility index (Phi) is 6.29. The van der Waals surface area contributed by atoms with E-state index in [0.717, 1.165) is 67.4 Å². The van der Waals surface area contributed by atoms with Gasteiger partial charge < -0.3 is 14.8 Å². The van der Waals surface area contributed by atoms with Gasteiger partial charge in [0.25, 0.3) is 5.91 Å². The van der Waals surface area contributed by atoms with E-state index in [0.29, 0.717) is 22.6 Å². The molecule has 0 spiro atoms. The maximum Gasteiger partial charge on any atom is 0.260 e. The van der Waals surface area contributed by atoms with Crippen LogP contribution in [-0.4, -0.2) is 59.2 Å². The summed E-state index contributed by atoms with van der Waals surface area (Å²) >= 11 is 0. The summed E-state index contributed by atoms with van der Waals surface area (Å²) in [5.74, 6) is -0.223. The lowest BCUT2D eigenvalue weighted by Crippen LogP contribution is -2.37. The smallest absolute Gasteiger partial charge is 0.260 e. The quantitative estimate of drug-likeness (QED) is 0.499. The molecular formula is C30H29FN4O3. The van der Waals surface area contributed by atoms with E-state index in [1.165, 1.54) is 12.1 Å². The molecule has 2 aromatic heterocycles. The van der Waals surface area contributed by atoms with Crippen LogP contribution in [0, 0.1) is 5.82 Å². The van der Waals surface area contributed by atoms with E-state index < -0.39 is 11.4 Å². The van der Waals surface area contributed by atoms with Gasteiger partial charge in [-0.25, -0.2) is 4.39 Å². The topological polar surface area (TPSA) is 76.6 Å². The van der Waals surface area contributed by atoms with Crippen molar-refractivity contribution in [3.63, 3.8) is 0 Å². The second kappa shape index (κ2) is 9.78. The van der Waals surface area contributed by atoms with E-state index in [-0.39, 0.29) is 5.91 Å². The number of fused-ring (bicyclic) bond motifs is 1. The number of morpholine rings is 1. The summed E-state index contributed by atoms with van der Waals surface area (Å²) in [4.78, 5) is 24.6. The van der Waals surface area contributed by atoms with Crippen molar-refractivity contribution in [2.75, 3.05) is 38.2 Å². The summed E-state index contributed by atoms with van der Waals surface area (Å²) in [6, 6.07) is 12.3. The number of amides is 1. The molecular weight excluding hydrogens is 483 g/mol. The van der Waals surface area contributed by atoms with Crippen LogP contribution in [0.2, 0.25) is 0 Å². The van der Waals surface area contributed by atoms with Gasteiger partial charge in [0.1, 0.15) is 17.2 Å². The van der Waals surface area contributed by atoms with Crippen molar-refractivity contribution >= 4 is 22.7 Å². The average molecular weight is 513 g/mol. The maximum absolute atomic E-state index is 13.8. The number of nitrogens with one attached hydrogen (secondary N) is 1. The highest BCUT2D eigenvalue weighted by Gasteiger charge is 2.39. The van der Waals surface area contributed by atoms with Gasteiger partial charge in [-0.05, 0) is 56.3 Å². The first-order valence-electron chi connectivity index (χ1n) is 12.9. The van der Waals surface area contributed by atoms with Crippen LogP contribution in [0.15, 0.2) is 66.7 Å². The van der Waals surface area contributed by atoms with Crippen LogP contribution in [0.4, 0.5) is 10.1 Å². The minimum Gasteiger partial charge on any atom is -0.482 e. The predicted molar refractivity (Wildman–Crippen MR) is 144 cm³/mol. The minimum atomic E-state index is -0.698. The van der Waals surface area contributed by atoms with Crippen molar-refractivity contribution in [1.82, 2.24) is 14.9 Å². The lowest BCUT2D eigenvalue weighted by atomic mass is 9.90. The number of ether oxygens (including phenoxy) is 2. The Morgan fingerprint density at radius 2 is 1.92 bits per heavy atom. The molecule has 1 saturated heterocycles. The molecule has 3 aliphatic rings. The summed E-state index contributed by atoms with van der Waals surface area (Å²) in [6.45, 7) is 8.14. The van der Waals surface area contributed by atoms with Crippen molar-refractivity contribution in [3.8, 4) is 11.3 Å². The van der Waals surface area contributed by atoms with E-state index in [9.17, 15) is 9.18 Å². The maximum atomic E-state index is 13.8. The van der Waals surface area contributed by atoms with E-state index in [1.807, 2.05) is 44.3 Å². The molecule has 0 saturated carbocycles. The second-order valence-corrected chi connectivity index (χ2v) is 10.2. The first kappa shape index (κ1) is 24.5. The minimum absolute atomic E-state index is 0.300. The van der Waals surface area contributed by atoms with E-state index in [1.54, 1.807) is 12.3 Å². The fraction of sp³-hybridized carbons (Fsp3) is 0.300. The number of rotatable bonds is 5. The van der Waals surface area contributed by atoms with E-state index in [4.69, 9.17) is 14.5 Å². The first-order valence-corrected chi connectivity index (χ1v) is 12.9. The number of carbonyl (C=O) groups is 1. The van der Waals surface area contributed by atoms with Crippen molar-refractivity contribution in [2.24, 2.45) is 0 Å². The average Bonchev–Trinajstić information content (AvgIpc) is 3.42. The predicted octanol–water partition coefficient (Wildman–Crippen LogP) is 4.71. The van der Waals surface area contributed by atoms with Crippen LogP contribution in [0.5, 0.6) is 0 Å². The zero-order chi connectivity index (χ0) is 26.3. The van der Waals surface area contributed by atoms with Crippen molar-refractivity contribution in [3.05, 3.63) is 89.3 Å². The number of nitrogens with zero attached hydrogens (tertiary/aromatic N) is 3. The normalized spacial score (nSPS) is 20.6. The molecule has 38 heavy (non-hydrogen) atoms. The molecule has 0 radical (unpaired) electrons. The summed E-state index contributed by atoms with van der Waals surface area (Å²) in [5, 5.41) is 2.76. The van der Waals surface area contributed by atoms with Crippen LogP contribution in [0.25, 0.3) is 22.4 Å². The molecule has 0 bridgehead atoms. The number of halogens is 1. The Balaban J connectivity index is 1.42. The molecule has 0 atom stereocenters. The number of carbonyl (C=O) groups excluding carboxylic acids is 1. The van der Waals surface area contributed by atoms with Gasteiger partial charge in [0.05, 0.1) is 30.2 Å². The van der Waals surface area contributed by atoms with Gasteiger partial charge in [-0.15, -0.1) is 0 Å². The molecule has 7 nitrogen and oxygen atoms in total. The third-order valence-corrected chi connectivity index (χ3v) is 7.25. The Hall–Kier alpha value is -3.88.